The second kappa shape index (κ2) is 12.3. The topological polar surface area (TPSA) is 258 Å². The summed E-state index contributed by atoms with van der Waals surface area (Å²) in [6.07, 6.45) is -23.5. The van der Waals surface area contributed by atoms with Crippen LogP contribution in [0.15, 0.2) is 0 Å². The lowest BCUT2D eigenvalue weighted by Crippen LogP contribution is -2.66. The summed E-state index contributed by atoms with van der Waals surface area (Å²) in [5.74, 6) is 0. The molecule has 0 aromatic heterocycles. The SMILES string of the molecule is CO[C@H]1[C@H](O[C@H]2[C@H](O)[C@@H](O)[C@H](O)O[C@@H]2CO)O[C@H](CO)[C@H](O[C@H]2O[C@H](CO)[C@H](O)[C@H](O)[C@H]2O)[C@@H]1O. The molecule has 3 saturated heterocycles. The van der Waals surface area contributed by atoms with Crippen molar-refractivity contribution in [2.45, 2.75) is 92.1 Å². The molecule has 16 nitrogen and oxygen atoms in total. The summed E-state index contributed by atoms with van der Waals surface area (Å²) in [5, 5.41) is 99.6. The third-order valence-electron chi connectivity index (χ3n) is 6.34. The van der Waals surface area contributed by atoms with Gasteiger partial charge in [-0.25, -0.2) is 0 Å². The normalized spacial score (nSPS) is 51.3. The van der Waals surface area contributed by atoms with Gasteiger partial charge >= 0.3 is 0 Å². The predicted molar refractivity (Wildman–Crippen MR) is 106 cm³/mol. The van der Waals surface area contributed by atoms with Crippen LogP contribution in [0.3, 0.4) is 0 Å². The number of rotatable bonds is 8. The maximum absolute atomic E-state index is 10.9. The molecular formula is C19H34O16. The second-order valence-electron chi connectivity index (χ2n) is 8.54. The Bertz CT molecular complexity index is 652. The Balaban J connectivity index is 1.76. The van der Waals surface area contributed by atoms with Gasteiger partial charge in [-0.15, -0.1) is 0 Å². The second-order valence-corrected chi connectivity index (χ2v) is 8.54. The number of aliphatic hydroxyl groups is 10. The van der Waals surface area contributed by atoms with E-state index in [1.807, 2.05) is 0 Å². The molecule has 3 aliphatic rings. The van der Waals surface area contributed by atoms with Gasteiger partial charge in [-0.3, -0.25) is 0 Å². The zero-order valence-electron chi connectivity index (χ0n) is 18.7. The maximum Gasteiger partial charge on any atom is 0.187 e. The van der Waals surface area contributed by atoms with Gasteiger partial charge in [-0.2, -0.15) is 0 Å². The summed E-state index contributed by atoms with van der Waals surface area (Å²) in [5.41, 5.74) is 0. The van der Waals surface area contributed by atoms with E-state index in [0.29, 0.717) is 0 Å². The lowest BCUT2D eigenvalue weighted by atomic mass is 9.96. The Hall–Kier alpha value is -0.640. The fraction of sp³-hybridized carbons (Fsp3) is 1.00. The number of aliphatic hydroxyl groups excluding tert-OH is 10. The van der Waals surface area contributed by atoms with Crippen molar-refractivity contribution in [1.82, 2.24) is 0 Å². The van der Waals surface area contributed by atoms with Gasteiger partial charge in [0, 0.05) is 7.11 Å². The molecule has 10 N–H and O–H groups in total. The number of hydrogen-bond donors (Lipinski definition) is 10. The van der Waals surface area contributed by atoms with Crippen LogP contribution in [-0.2, 0) is 28.4 Å². The van der Waals surface area contributed by atoms with Crippen LogP contribution >= 0.6 is 0 Å². The average Bonchev–Trinajstić information content (AvgIpc) is 2.85. The summed E-state index contributed by atoms with van der Waals surface area (Å²) >= 11 is 0. The van der Waals surface area contributed by atoms with Gasteiger partial charge in [0.15, 0.2) is 18.9 Å². The minimum atomic E-state index is -1.79. The summed E-state index contributed by atoms with van der Waals surface area (Å²) in [6, 6.07) is 0. The maximum atomic E-state index is 10.9. The molecule has 0 radical (unpaired) electrons. The van der Waals surface area contributed by atoms with E-state index >= 15 is 0 Å². The van der Waals surface area contributed by atoms with Crippen LogP contribution in [0.1, 0.15) is 0 Å². The fourth-order valence-corrected chi connectivity index (χ4v) is 4.29. The van der Waals surface area contributed by atoms with E-state index in [2.05, 4.69) is 0 Å². The highest BCUT2D eigenvalue weighted by atomic mass is 16.8. The van der Waals surface area contributed by atoms with Gasteiger partial charge < -0.3 is 79.5 Å². The van der Waals surface area contributed by atoms with E-state index in [1.165, 1.54) is 7.11 Å². The van der Waals surface area contributed by atoms with E-state index in [-0.39, 0.29) is 0 Å². The van der Waals surface area contributed by atoms with Crippen LogP contribution in [0.2, 0.25) is 0 Å². The molecule has 3 heterocycles. The minimum Gasteiger partial charge on any atom is -0.394 e. The lowest BCUT2D eigenvalue weighted by Gasteiger charge is -2.48. The third kappa shape index (κ3) is 5.78. The molecule has 3 rings (SSSR count). The molecule has 0 aliphatic carbocycles. The molecule has 0 unspecified atom stereocenters. The summed E-state index contributed by atoms with van der Waals surface area (Å²) in [4.78, 5) is 0. The number of methoxy groups -OCH3 is 1. The molecule has 3 aliphatic heterocycles. The first kappa shape index (κ1) is 28.9. The van der Waals surface area contributed by atoms with Crippen LogP contribution in [0.5, 0.6) is 0 Å². The van der Waals surface area contributed by atoms with E-state index < -0.39 is 112 Å². The van der Waals surface area contributed by atoms with Crippen molar-refractivity contribution in [3.8, 4) is 0 Å². The highest BCUT2D eigenvalue weighted by molar-refractivity contribution is 4.96. The van der Waals surface area contributed by atoms with Gasteiger partial charge in [0.2, 0.25) is 0 Å². The van der Waals surface area contributed by atoms with Crippen LogP contribution in [-0.4, -0.2) is 170 Å². The molecule has 35 heavy (non-hydrogen) atoms. The first-order valence-electron chi connectivity index (χ1n) is 11.0. The van der Waals surface area contributed by atoms with E-state index in [4.69, 9.17) is 28.4 Å². The van der Waals surface area contributed by atoms with Crippen molar-refractivity contribution >= 4 is 0 Å². The Labute approximate surface area is 199 Å². The monoisotopic (exact) mass is 518 g/mol. The molecule has 16 heteroatoms. The van der Waals surface area contributed by atoms with Crippen LogP contribution in [0.25, 0.3) is 0 Å². The van der Waals surface area contributed by atoms with Gasteiger partial charge in [0.25, 0.3) is 0 Å². The Morgan fingerprint density at radius 3 is 1.60 bits per heavy atom. The van der Waals surface area contributed by atoms with Gasteiger partial charge in [-0.1, -0.05) is 0 Å². The van der Waals surface area contributed by atoms with E-state index in [0.717, 1.165) is 0 Å². The average molecular weight is 518 g/mol. The van der Waals surface area contributed by atoms with Crippen molar-refractivity contribution in [1.29, 1.82) is 0 Å². The first-order valence-corrected chi connectivity index (χ1v) is 11.0. The Morgan fingerprint density at radius 1 is 0.514 bits per heavy atom. The zero-order valence-corrected chi connectivity index (χ0v) is 18.7. The predicted octanol–water partition coefficient (Wildman–Crippen LogP) is -6.92. The molecule has 3 fully saturated rings. The van der Waals surface area contributed by atoms with Crippen molar-refractivity contribution in [2.24, 2.45) is 0 Å². The van der Waals surface area contributed by atoms with Crippen molar-refractivity contribution in [3.63, 3.8) is 0 Å². The summed E-state index contributed by atoms with van der Waals surface area (Å²) < 4.78 is 32.4. The quantitative estimate of drug-likeness (QED) is 0.143. The molecule has 0 aromatic rings. The molecule has 0 spiro atoms. The summed E-state index contributed by atoms with van der Waals surface area (Å²) in [7, 11) is 1.17. The minimum absolute atomic E-state index is 0.715. The standard InChI is InChI=1S/C19H34O16/c1-30-16-13(28)15(34-18-12(27)9(24)8(23)5(2-20)32-18)7(4-22)33-19(16)35-14-6(3-21)31-17(29)11(26)10(14)25/h5-29H,2-4H2,1H3/t5-,6-,7-,8+,9+,10-,11-,12-,13+,14-,15+,16-,17-,18-,19+/m1/s1. The van der Waals surface area contributed by atoms with Gasteiger partial charge in [0.1, 0.15) is 73.2 Å². The van der Waals surface area contributed by atoms with Crippen molar-refractivity contribution in [3.05, 3.63) is 0 Å². The molecule has 15 atom stereocenters. The highest BCUT2D eigenvalue weighted by Gasteiger charge is 2.53. The van der Waals surface area contributed by atoms with Gasteiger partial charge in [-0.05, 0) is 0 Å². The Kier molecular flexibility index (Phi) is 10.1. The van der Waals surface area contributed by atoms with Crippen molar-refractivity contribution in [2.75, 3.05) is 26.9 Å². The third-order valence-corrected chi connectivity index (χ3v) is 6.34. The fourth-order valence-electron chi connectivity index (χ4n) is 4.29. The van der Waals surface area contributed by atoms with E-state index in [9.17, 15) is 51.1 Å². The smallest absolute Gasteiger partial charge is 0.187 e. The highest BCUT2D eigenvalue weighted by Crippen LogP contribution is 2.33. The molecule has 0 bridgehead atoms. The zero-order chi connectivity index (χ0) is 26.0. The van der Waals surface area contributed by atoms with Gasteiger partial charge in [0.05, 0.1) is 19.8 Å². The number of ether oxygens (including phenoxy) is 6. The van der Waals surface area contributed by atoms with E-state index in [1.54, 1.807) is 0 Å². The lowest BCUT2D eigenvalue weighted by molar-refractivity contribution is -0.379. The van der Waals surface area contributed by atoms with Crippen LogP contribution in [0.4, 0.5) is 0 Å². The Morgan fingerprint density at radius 2 is 1.03 bits per heavy atom. The van der Waals surface area contributed by atoms with Crippen LogP contribution in [0, 0.1) is 0 Å². The molecule has 0 saturated carbocycles. The largest absolute Gasteiger partial charge is 0.394 e. The van der Waals surface area contributed by atoms with Crippen LogP contribution < -0.4 is 0 Å². The molecule has 0 amide bonds. The molecular weight excluding hydrogens is 484 g/mol. The van der Waals surface area contributed by atoms with Crippen molar-refractivity contribution < 1.29 is 79.5 Å². The number of hydrogen-bond acceptors (Lipinski definition) is 16. The summed E-state index contributed by atoms with van der Waals surface area (Å²) in [6.45, 7) is -2.19. The molecule has 206 valence electrons. The first-order chi connectivity index (χ1) is 16.6. The molecule has 0 aromatic carbocycles.